The molecule has 1 saturated heterocycles. The van der Waals surface area contributed by atoms with Gasteiger partial charge in [-0.05, 0) is 13.0 Å². The number of nitro benzene ring substituents is 1. The Labute approximate surface area is 138 Å². The van der Waals surface area contributed by atoms with E-state index in [4.69, 9.17) is 16.3 Å². The molecule has 0 radical (unpaired) electrons. The number of hydrogen-bond acceptors (Lipinski definition) is 5. The Balaban J connectivity index is 1.88. The molecule has 1 aromatic heterocycles. The van der Waals surface area contributed by atoms with Crippen LogP contribution in [0.15, 0.2) is 30.6 Å². The van der Waals surface area contributed by atoms with Crippen LogP contribution in [0.3, 0.4) is 0 Å². The lowest BCUT2D eigenvalue weighted by atomic mass is 9.96. The first-order chi connectivity index (χ1) is 10.9. The van der Waals surface area contributed by atoms with Crippen molar-refractivity contribution in [1.82, 2.24) is 9.78 Å². The van der Waals surface area contributed by atoms with Gasteiger partial charge < -0.3 is 9.64 Å². The van der Waals surface area contributed by atoms with Gasteiger partial charge in [-0.2, -0.15) is 5.10 Å². The van der Waals surface area contributed by atoms with Crippen LogP contribution in [0.2, 0.25) is 5.02 Å². The molecule has 122 valence electrons. The highest BCUT2D eigenvalue weighted by molar-refractivity contribution is 6.33. The van der Waals surface area contributed by atoms with Crippen LogP contribution in [0, 0.1) is 10.1 Å². The second-order valence-electron chi connectivity index (χ2n) is 5.80. The molecule has 1 aromatic carbocycles. The molecule has 0 aliphatic carbocycles. The number of anilines is 1. The van der Waals surface area contributed by atoms with Crippen molar-refractivity contribution in [2.24, 2.45) is 7.05 Å². The number of aromatic nitrogens is 2. The zero-order valence-corrected chi connectivity index (χ0v) is 13.7. The number of non-ortho nitro benzene ring substituents is 1. The molecule has 8 heteroatoms. The first-order valence-electron chi connectivity index (χ1n) is 7.21. The molecule has 0 amide bonds. The topological polar surface area (TPSA) is 73.4 Å². The lowest BCUT2D eigenvalue weighted by Gasteiger charge is -2.41. The largest absolute Gasteiger partial charge is 0.367 e. The van der Waals surface area contributed by atoms with Gasteiger partial charge >= 0.3 is 0 Å². The Morgan fingerprint density at radius 1 is 1.48 bits per heavy atom. The average Bonchev–Trinajstić information content (AvgIpc) is 2.94. The number of aryl methyl sites for hydroxylation is 1. The summed E-state index contributed by atoms with van der Waals surface area (Å²) < 4.78 is 7.71. The summed E-state index contributed by atoms with van der Waals surface area (Å²) in [6.07, 6.45) is 3.72. The van der Waals surface area contributed by atoms with Gasteiger partial charge in [0.05, 0.1) is 35.0 Å². The van der Waals surface area contributed by atoms with Crippen molar-refractivity contribution >= 4 is 23.0 Å². The van der Waals surface area contributed by atoms with E-state index in [-0.39, 0.29) is 5.69 Å². The van der Waals surface area contributed by atoms with Crippen molar-refractivity contribution in [3.05, 3.63) is 51.3 Å². The highest BCUT2D eigenvalue weighted by Gasteiger charge is 2.35. The molecule has 1 atom stereocenters. The van der Waals surface area contributed by atoms with Crippen LogP contribution >= 0.6 is 11.6 Å². The Bertz CT molecular complexity index is 748. The van der Waals surface area contributed by atoms with E-state index >= 15 is 0 Å². The number of hydrogen-bond donors (Lipinski definition) is 0. The highest BCUT2D eigenvalue weighted by Crippen LogP contribution is 2.35. The minimum atomic E-state index is -0.502. The minimum Gasteiger partial charge on any atom is -0.367 e. The maximum Gasteiger partial charge on any atom is 0.271 e. The smallest absolute Gasteiger partial charge is 0.271 e. The van der Waals surface area contributed by atoms with Gasteiger partial charge in [0.25, 0.3) is 5.69 Å². The third-order valence-corrected chi connectivity index (χ3v) is 4.38. The summed E-state index contributed by atoms with van der Waals surface area (Å²) in [6.45, 7) is 3.82. The Morgan fingerprint density at radius 3 is 2.87 bits per heavy atom. The van der Waals surface area contributed by atoms with Crippen LogP contribution in [-0.4, -0.2) is 34.4 Å². The van der Waals surface area contributed by atoms with E-state index in [9.17, 15) is 10.1 Å². The molecule has 1 fully saturated rings. The fourth-order valence-electron chi connectivity index (χ4n) is 2.81. The number of ether oxygens (including phenoxy) is 1. The van der Waals surface area contributed by atoms with Crippen LogP contribution in [0.4, 0.5) is 11.4 Å². The first-order valence-corrected chi connectivity index (χ1v) is 7.59. The van der Waals surface area contributed by atoms with Gasteiger partial charge in [-0.3, -0.25) is 14.8 Å². The zero-order chi connectivity index (χ0) is 16.6. The molecule has 3 rings (SSSR count). The molecule has 7 nitrogen and oxygen atoms in total. The van der Waals surface area contributed by atoms with Crippen LogP contribution in [0.5, 0.6) is 0 Å². The maximum atomic E-state index is 10.8. The summed E-state index contributed by atoms with van der Waals surface area (Å²) in [5.74, 6) is 0. The number of benzene rings is 1. The fourth-order valence-corrected chi connectivity index (χ4v) is 3.10. The molecule has 2 aromatic rings. The second kappa shape index (κ2) is 5.82. The zero-order valence-electron chi connectivity index (χ0n) is 12.9. The van der Waals surface area contributed by atoms with E-state index in [1.807, 2.05) is 20.2 Å². The van der Waals surface area contributed by atoms with E-state index in [0.717, 1.165) is 11.3 Å². The summed E-state index contributed by atoms with van der Waals surface area (Å²) in [7, 11) is 1.86. The normalized spacial score (nSPS) is 21.4. The monoisotopic (exact) mass is 336 g/mol. The first kappa shape index (κ1) is 15.8. The molecule has 1 aliphatic heterocycles. The van der Waals surface area contributed by atoms with Crippen molar-refractivity contribution < 1.29 is 9.66 Å². The van der Waals surface area contributed by atoms with Gasteiger partial charge in [-0.1, -0.05) is 11.6 Å². The van der Waals surface area contributed by atoms with Gasteiger partial charge in [-0.15, -0.1) is 0 Å². The molecule has 2 heterocycles. The molecular formula is C15H17ClN4O3. The predicted octanol–water partition coefficient (Wildman–Crippen LogP) is 2.73. The van der Waals surface area contributed by atoms with E-state index in [0.29, 0.717) is 24.7 Å². The van der Waals surface area contributed by atoms with Gasteiger partial charge in [0.2, 0.25) is 0 Å². The average molecular weight is 337 g/mol. The van der Waals surface area contributed by atoms with Gasteiger partial charge in [0.15, 0.2) is 0 Å². The van der Waals surface area contributed by atoms with Crippen molar-refractivity contribution in [1.29, 1.82) is 0 Å². The molecular weight excluding hydrogens is 320 g/mol. The van der Waals surface area contributed by atoms with Crippen LogP contribution in [0.25, 0.3) is 0 Å². The second-order valence-corrected chi connectivity index (χ2v) is 6.20. The molecule has 0 bridgehead atoms. The quantitative estimate of drug-likeness (QED) is 0.636. The maximum absolute atomic E-state index is 10.8. The van der Waals surface area contributed by atoms with Crippen molar-refractivity contribution in [3.63, 3.8) is 0 Å². The summed E-state index contributed by atoms with van der Waals surface area (Å²) >= 11 is 6.25. The van der Waals surface area contributed by atoms with Crippen LogP contribution in [0.1, 0.15) is 12.5 Å². The minimum absolute atomic E-state index is 0.0120. The van der Waals surface area contributed by atoms with Crippen molar-refractivity contribution in [3.8, 4) is 0 Å². The Morgan fingerprint density at radius 2 is 2.26 bits per heavy atom. The van der Waals surface area contributed by atoms with E-state index in [1.54, 1.807) is 16.9 Å². The SMILES string of the molecule is Cn1cc(C2(C)CN(c3ccc([N+](=O)[O-])cc3Cl)CCO2)cn1. The van der Waals surface area contributed by atoms with E-state index in [1.165, 1.54) is 12.1 Å². The van der Waals surface area contributed by atoms with Gasteiger partial charge in [0, 0.05) is 37.5 Å². The number of morpholine rings is 1. The van der Waals surface area contributed by atoms with E-state index in [2.05, 4.69) is 10.00 Å². The molecule has 23 heavy (non-hydrogen) atoms. The third kappa shape index (κ3) is 3.02. The highest BCUT2D eigenvalue weighted by atomic mass is 35.5. The van der Waals surface area contributed by atoms with E-state index < -0.39 is 10.5 Å². The molecule has 0 N–H and O–H groups in total. The molecule has 0 saturated carbocycles. The van der Waals surface area contributed by atoms with Crippen molar-refractivity contribution in [2.75, 3.05) is 24.6 Å². The lowest BCUT2D eigenvalue weighted by molar-refractivity contribution is -0.384. The molecule has 0 spiro atoms. The molecule has 1 aliphatic rings. The lowest BCUT2D eigenvalue weighted by Crippen LogP contribution is -2.48. The third-order valence-electron chi connectivity index (χ3n) is 4.07. The number of halogens is 1. The summed E-state index contributed by atoms with van der Waals surface area (Å²) in [6, 6.07) is 4.54. The summed E-state index contributed by atoms with van der Waals surface area (Å²) in [5.41, 5.74) is 1.25. The predicted molar refractivity (Wildman–Crippen MR) is 86.8 cm³/mol. The number of rotatable bonds is 3. The summed E-state index contributed by atoms with van der Waals surface area (Å²) in [4.78, 5) is 12.5. The molecule has 1 unspecified atom stereocenters. The number of nitrogens with zero attached hydrogens (tertiary/aromatic N) is 4. The van der Waals surface area contributed by atoms with Gasteiger partial charge in [0.1, 0.15) is 5.60 Å². The Kier molecular flexibility index (Phi) is 3.99. The standard InChI is InChI=1S/C15H17ClN4O3/c1-15(11-8-17-18(2)9-11)10-19(5-6-23-15)14-4-3-12(20(21)22)7-13(14)16/h3-4,7-9H,5-6,10H2,1-2H3. The summed E-state index contributed by atoms with van der Waals surface area (Å²) in [5, 5.41) is 15.4. The van der Waals surface area contributed by atoms with Crippen molar-refractivity contribution in [2.45, 2.75) is 12.5 Å². The Hall–Kier alpha value is -2.12. The van der Waals surface area contributed by atoms with Crippen LogP contribution < -0.4 is 4.90 Å². The van der Waals surface area contributed by atoms with Crippen LogP contribution in [-0.2, 0) is 17.4 Å². The number of nitro groups is 1. The fraction of sp³-hybridized carbons (Fsp3) is 0.400. The van der Waals surface area contributed by atoms with Gasteiger partial charge in [-0.25, -0.2) is 0 Å².